The topological polar surface area (TPSA) is 69.0 Å². The summed E-state index contributed by atoms with van der Waals surface area (Å²) in [6.45, 7) is 4.35. The van der Waals surface area contributed by atoms with Crippen molar-refractivity contribution < 1.29 is 9.53 Å². The average Bonchev–Trinajstić information content (AvgIpc) is 3.22. The number of hydrogen-bond acceptors (Lipinski definition) is 5. The van der Waals surface area contributed by atoms with Crippen LogP contribution in [0.5, 0.6) is 5.75 Å². The minimum Gasteiger partial charge on any atom is -0.491 e. The van der Waals surface area contributed by atoms with Gasteiger partial charge in [-0.2, -0.15) is 0 Å². The van der Waals surface area contributed by atoms with Gasteiger partial charge >= 0.3 is 0 Å². The number of nitrogens with zero attached hydrogens (tertiary/aromatic N) is 3. The normalized spacial score (nSPS) is 10.9. The molecule has 25 heavy (non-hydrogen) atoms. The molecule has 3 aromatic rings. The number of hydrogen-bond donors (Lipinski definition) is 1. The second-order valence-electron chi connectivity index (χ2n) is 5.87. The number of benzene rings is 1. The van der Waals surface area contributed by atoms with Gasteiger partial charge in [0.25, 0.3) is 5.91 Å². The number of carbonyl (C=O) groups is 1. The van der Waals surface area contributed by atoms with Crippen LogP contribution >= 0.6 is 11.3 Å². The van der Waals surface area contributed by atoms with Gasteiger partial charge in [-0.05, 0) is 38.1 Å². The molecule has 0 radical (unpaired) electrons. The number of amides is 1. The van der Waals surface area contributed by atoms with E-state index in [-0.39, 0.29) is 12.0 Å². The zero-order chi connectivity index (χ0) is 17.8. The predicted octanol–water partition coefficient (Wildman–Crippen LogP) is 3.26. The minimum absolute atomic E-state index is 0.139. The molecule has 0 aliphatic heterocycles. The van der Waals surface area contributed by atoms with Gasteiger partial charge in [0.05, 0.1) is 12.6 Å². The van der Waals surface area contributed by atoms with E-state index in [0.717, 1.165) is 22.1 Å². The van der Waals surface area contributed by atoms with Gasteiger partial charge in [-0.25, -0.2) is 9.97 Å². The van der Waals surface area contributed by atoms with Crippen LogP contribution in [-0.4, -0.2) is 26.5 Å². The number of aryl methyl sites for hydroxylation is 1. The standard InChI is InChI=1S/C18H20N4O2S/c1-12(2)24-14-6-4-13(5-7-14)18-21-15(11-25-18)17(23)20-10-16-19-8-9-22(16)3/h4-9,11-12H,10H2,1-3H3,(H,20,23). The first-order chi connectivity index (χ1) is 12.0. The second-order valence-corrected chi connectivity index (χ2v) is 6.72. The molecule has 0 fully saturated rings. The van der Waals surface area contributed by atoms with Crippen LogP contribution in [0.2, 0.25) is 0 Å². The summed E-state index contributed by atoms with van der Waals surface area (Å²) < 4.78 is 7.51. The van der Waals surface area contributed by atoms with E-state index >= 15 is 0 Å². The Morgan fingerprint density at radius 3 is 2.72 bits per heavy atom. The first kappa shape index (κ1) is 17.2. The summed E-state index contributed by atoms with van der Waals surface area (Å²) in [7, 11) is 1.89. The first-order valence-electron chi connectivity index (χ1n) is 8.00. The number of carbonyl (C=O) groups excluding carboxylic acids is 1. The third-order valence-corrected chi connectivity index (χ3v) is 4.43. The van der Waals surface area contributed by atoms with E-state index in [9.17, 15) is 4.79 Å². The Bertz CT molecular complexity index is 852. The predicted molar refractivity (Wildman–Crippen MR) is 97.7 cm³/mol. The number of rotatable bonds is 6. The van der Waals surface area contributed by atoms with E-state index in [1.165, 1.54) is 11.3 Å². The SMILES string of the molecule is CC(C)Oc1ccc(-c2nc(C(=O)NCc3nccn3C)cs2)cc1. The molecule has 2 heterocycles. The Kier molecular flexibility index (Phi) is 5.14. The van der Waals surface area contributed by atoms with Gasteiger partial charge in [0, 0.05) is 30.4 Å². The Hall–Kier alpha value is -2.67. The molecule has 7 heteroatoms. The van der Waals surface area contributed by atoms with Crippen LogP contribution in [0.4, 0.5) is 0 Å². The highest BCUT2D eigenvalue weighted by Gasteiger charge is 2.12. The molecule has 1 N–H and O–H groups in total. The molecule has 0 saturated heterocycles. The third kappa shape index (κ3) is 4.24. The Morgan fingerprint density at radius 2 is 2.08 bits per heavy atom. The molecule has 130 valence electrons. The highest BCUT2D eigenvalue weighted by molar-refractivity contribution is 7.13. The third-order valence-electron chi connectivity index (χ3n) is 3.54. The lowest BCUT2D eigenvalue weighted by Gasteiger charge is -2.09. The molecule has 0 aliphatic carbocycles. The summed E-state index contributed by atoms with van der Waals surface area (Å²) in [5.74, 6) is 1.41. The molecule has 0 saturated carbocycles. The van der Waals surface area contributed by atoms with Gasteiger partial charge < -0.3 is 14.6 Å². The highest BCUT2D eigenvalue weighted by atomic mass is 32.1. The van der Waals surface area contributed by atoms with E-state index in [4.69, 9.17) is 4.74 Å². The molecular formula is C18H20N4O2S. The molecule has 0 spiro atoms. The fraction of sp³-hybridized carbons (Fsp3) is 0.278. The average molecular weight is 356 g/mol. The van der Waals surface area contributed by atoms with Gasteiger partial charge in [0.2, 0.25) is 0 Å². The Morgan fingerprint density at radius 1 is 1.32 bits per heavy atom. The molecule has 0 bridgehead atoms. The van der Waals surface area contributed by atoms with Crippen LogP contribution < -0.4 is 10.1 Å². The van der Waals surface area contributed by atoms with Crippen molar-refractivity contribution in [3.63, 3.8) is 0 Å². The molecule has 0 atom stereocenters. The van der Waals surface area contributed by atoms with Crippen LogP contribution in [-0.2, 0) is 13.6 Å². The molecule has 1 amide bonds. The first-order valence-corrected chi connectivity index (χ1v) is 8.88. The van der Waals surface area contributed by atoms with E-state index in [1.54, 1.807) is 11.6 Å². The maximum atomic E-state index is 12.2. The summed E-state index contributed by atoms with van der Waals surface area (Å²) in [5, 5.41) is 5.41. The van der Waals surface area contributed by atoms with Gasteiger partial charge in [0.1, 0.15) is 22.3 Å². The van der Waals surface area contributed by atoms with Gasteiger partial charge in [-0.1, -0.05) is 0 Å². The molecule has 0 aliphatic rings. The van der Waals surface area contributed by atoms with Crippen molar-refractivity contribution in [2.24, 2.45) is 7.05 Å². The van der Waals surface area contributed by atoms with Gasteiger partial charge in [-0.3, -0.25) is 4.79 Å². The maximum absolute atomic E-state index is 12.2. The molecule has 0 unspecified atom stereocenters. The van der Waals surface area contributed by atoms with Crippen molar-refractivity contribution in [2.45, 2.75) is 26.5 Å². The summed E-state index contributed by atoms with van der Waals surface area (Å²) in [6, 6.07) is 7.73. The number of ether oxygens (including phenoxy) is 1. The fourth-order valence-corrected chi connectivity index (χ4v) is 3.08. The number of thiazole rings is 1. The number of nitrogens with one attached hydrogen (secondary N) is 1. The van der Waals surface area contributed by atoms with E-state index < -0.39 is 0 Å². The lowest BCUT2D eigenvalue weighted by Crippen LogP contribution is -2.24. The monoisotopic (exact) mass is 356 g/mol. The molecule has 6 nitrogen and oxygen atoms in total. The molecular weight excluding hydrogens is 336 g/mol. The van der Waals surface area contributed by atoms with Crippen molar-refractivity contribution in [2.75, 3.05) is 0 Å². The van der Waals surface area contributed by atoms with Crippen LogP contribution in [0.15, 0.2) is 42.0 Å². The quantitative estimate of drug-likeness (QED) is 0.736. The van der Waals surface area contributed by atoms with Crippen molar-refractivity contribution >= 4 is 17.2 Å². The lowest BCUT2D eigenvalue weighted by atomic mass is 10.2. The van der Waals surface area contributed by atoms with Crippen LogP contribution in [0.3, 0.4) is 0 Å². The van der Waals surface area contributed by atoms with Gasteiger partial charge in [-0.15, -0.1) is 11.3 Å². The largest absolute Gasteiger partial charge is 0.491 e. The summed E-state index contributed by atoms with van der Waals surface area (Å²) in [5.41, 5.74) is 1.38. The van der Waals surface area contributed by atoms with Crippen molar-refractivity contribution in [1.29, 1.82) is 0 Å². The minimum atomic E-state index is -0.203. The summed E-state index contributed by atoms with van der Waals surface area (Å²) in [6.07, 6.45) is 3.68. The Labute approximate surface area is 150 Å². The molecule has 2 aromatic heterocycles. The van der Waals surface area contributed by atoms with E-state index in [2.05, 4.69) is 15.3 Å². The zero-order valence-electron chi connectivity index (χ0n) is 14.4. The zero-order valence-corrected chi connectivity index (χ0v) is 15.2. The van der Waals surface area contributed by atoms with Crippen LogP contribution in [0.1, 0.15) is 30.2 Å². The smallest absolute Gasteiger partial charge is 0.271 e. The fourth-order valence-electron chi connectivity index (χ4n) is 2.28. The molecule has 1 aromatic carbocycles. The Balaban J connectivity index is 1.65. The van der Waals surface area contributed by atoms with Crippen LogP contribution in [0.25, 0.3) is 10.6 Å². The maximum Gasteiger partial charge on any atom is 0.271 e. The van der Waals surface area contributed by atoms with Gasteiger partial charge in [0.15, 0.2) is 0 Å². The van der Waals surface area contributed by atoms with E-state index in [1.807, 2.05) is 55.9 Å². The summed E-state index contributed by atoms with van der Waals surface area (Å²) in [4.78, 5) is 20.9. The van der Waals surface area contributed by atoms with Crippen molar-refractivity contribution in [3.8, 4) is 16.3 Å². The van der Waals surface area contributed by atoms with Crippen molar-refractivity contribution in [3.05, 3.63) is 53.6 Å². The number of imidazole rings is 1. The summed E-state index contributed by atoms with van der Waals surface area (Å²) >= 11 is 1.44. The van der Waals surface area contributed by atoms with E-state index in [0.29, 0.717) is 12.2 Å². The van der Waals surface area contributed by atoms with Crippen LogP contribution in [0, 0.1) is 0 Å². The lowest BCUT2D eigenvalue weighted by molar-refractivity contribution is 0.0945. The number of aromatic nitrogens is 3. The highest BCUT2D eigenvalue weighted by Crippen LogP contribution is 2.26. The second kappa shape index (κ2) is 7.48. The van der Waals surface area contributed by atoms with Crippen molar-refractivity contribution in [1.82, 2.24) is 19.9 Å². The molecule has 3 rings (SSSR count).